The van der Waals surface area contributed by atoms with E-state index >= 15 is 0 Å². The Balaban J connectivity index is 1.32. The van der Waals surface area contributed by atoms with Gasteiger partial charge in [-0.15, -0.1) is 0 Å². The standard InChI is InChI=1S/C17H33N3O2/c1-17(21,14-20-8-10-22-11-9-20)13-18-16-4-6-19(7-5-16)12-15-2-3-15/h15-16,18,21H,2-14H2,1H3. The van der Waals surface area contributed by atoms with Crippen LogP contribution < -0.4 is 5.32 Å². The van der Waals surface area contributed by atoms with Crippen LogP contribution in [0.3, 0.4) is 0 Å². The predicted octanol–water partition coefficient (Wildman–Crippen LogP) is 0.534. The smallest absolute Gasteiger partial charge is 0.0869 e. The molecule has 2 saturated heterocycles. The van der Waals surface area contributed by atoms with Gasteiger partial charge in [-0.1, -0.05) is 0 Å². The number of hydrogen-bond acceptors (Lipinski definition) is 5. The van der Waals surface area contributed by atoms with E-state index in [0.29, 0.717) is 12.6 Å². The van der Waals surface area contributed by atoms with Crippen molar-refractivity contribution < 1.29 is 9.84 Å². The van der Waals surface area contributed by atoms with Gasteiger partial charge in [-0.25, -0.2) is 0 Å². The number of likely N-dealkylation sites (tertiary alicyclic amines) is 1. The molecule has 3 fully saturated rings. The number of ether oxygens (including phenoxy) is 1. The van der Waals surface area contributed by atoms with Gasteiger partial charge in [0.15, 0.2) is 0 Å². The van der Waals surface area contributed by atoms with E-state index in [9.17, 15) is 5.11 Å². The SMILES string of the molecule is CC(O)(CNC1CCN(CC2CC2)CC1)CN1CCOCC1. The van der Waals surface area contributed by atoms with Gasteiger partial charge < -0.3 is 20.1 Å². The van der Waals surface area contributed by atoms with Gasteiger partial charge in [-0.3, -0.25) is 4.90 Å². The van der Waals surface area contributed by atoms with Gasteiger partial charge in [0, 0.05) is 38.8 Å². The number of rotatable bonds is 7. The maximum Gasteiger partial charge on any atom is 0.0869 e. The van der Waals surface area contributed by atoms with Crippen molar-refractivity contribution in [2.45, 2.75) is 44.2 Å². The number of nitrogens with zero attached hydrogens (tertiary/aromatic N) is 2. The molecule has 22 heavy (non-hydrogen) atoms. The summed E-state index contributed by atoms with van der Waals surface area (Å²) in [4.78, 5) is 4.94. The van der Waals surface area contributed by atoms with Crippen molar-refractivity contribution in [2.24, 2.45) is 5.92 Å². The monoisotopic (exact) mass is 311 g/mol. The fraction of sp³-hybridized carbons (Fsp3) is 1.00. The Hall–Kier alpha value is -0.200. The number of hydrogen-bond donors (Lipinski definition) is 2. The van der Waals surface area contributed by atoms with Crippen molar-refractivity contribution in [1.29, 1.82) is 0 Å². The predicted molar refractivity (Wildman–Crippen MR) is 88.1 cm³/mol. The highest BCUT2D eigenvalue weighted by Crippen LogP contribution is 2.30. The molecule has 2 aliphatic heterocycles. The number of aliphatic hydroxyl groups is 1. The molecule has 0 aromatic rings. The number of nitrogens with one attached hydrogen (secondary N) is 1. The van der Waals surface area contributed by atoms with Crippen LogP contribution in [-0.4, -0.2) is 85.6 Å². The molecule has 128 valence electrons. The van der Waals surface area contributed by atoms with E-state index in [1.54, 1.807) is 0 Å². The topological polar surface area (TPSA) is 48.0 Å². The van der Waals surface area contributed by atoms with Gasteiger partial charge in [-0.2, -0.15) is 0 Å². The number of β-amino-alcohol motifs (C(OH)–C–C–N with tert-alkyl or cyclic N) is 1. The Morgan fingerprint density at radius 3 is 2.36 bits per heavy atom. The lowest BCUT2D eigenvalue weighted by molar-refractivity contribution is -0.0236. The molecule has 0 bridgehead atoms. The van der Waals surface area contributed by atoms with Crippen LogP contribution in [0.1, 0.15) is 32.6 Å². The maximum atomic E-state index is 10.6. The summed E-state index contributed by atoms with van der Waals surface area (Å²) in [5, 5.41) is 14.2. The molecule has 0 radical (unpaired) electrons. The molecule has 5 nitrogen and oxygen atoms in total. The third kappa shape index (κ3) is 5.46. The van der Waals surface area contributed by atoms with Crippen molar-refractivity contribution in [3.05, 3.63) is 0 Å². The average Bonchev–Trinajstić information content (AvgIpc) is 3.31. The molecule has 1 unspecified atom stereocenters. The van der Waals surface area contributed by atoms with Crippen LogP contribution >= 0.6 is 0 Å². The fourth-order valence-corrected chi connectivity index (χ4v) is 3.65. The van der Waals surface area contributed by atoms with E-state index < -0.39 is 5.60 Å². The fourth-order valence-electron chi connectivity index (χ4n) is 3.65. The summed E-state index contributed by atoms with van der Waals surface area (Å²) in [6.45, 7) is 10.6. The van der Waals surface area contributed by atoms with Crippen molar-refractivity contribution in [2.75, 3.05) is 59.0 Å². The first-order valence-corrected chi connectivity index (χ1v) is 9.09. The summed E-state index contributed by atoms with van der Waals surface area (Å²) in [5.74, 6) is 0.999. The molecule has 3 aliphatic rings. The Morgan fingerprint density at radius 1 is 1.05 bits per heavy atom. The molecule has 0 aromatic carbocycles. The zero-order valence-electron chi connectivity index (χ0n) is 14.1. The second kappa shape index (κ2) is 7.58. The van der Waals surface area contributed by atoms with Crippen LogP contribution in [0.4, 0.5) is 0 Å². The summed E-state index contributed by atoms with van der Waals surface area (Å²) in [5.41, 5.74) is -0.650. The van der Waals surface area contributed by atoms with E-state index in [0.717, 1.165) is 38.8 Å². The summed E-state index contributed by atoms with van der Waals surface area (Å²) >= 11 is 0. The second-order valence-corrected chi connectivity index (χ2v) is 7.78. The van der Waals surface area contributed by atoms with Crippen molar-refractivity contribution in [3.8, 4) is 0 Å². The highest BCUT2D eigenvalue weighted by molar-refractivity contribution is 4.86. The minimum atomic E-state index is -0.650. The minimum Gasteiger partial charge on any atom is -0.388 e. The van der Waals surface area contributed by atoms with Gasteiger partial charge in [0.05, 0.1) is 18.8 Å². The lowest BCUT2D eigenvalue weighted by Crippen LogP contribution is -2.53. The third-order valence-corrected chi connectivity index (χ3v) is 5.24. The molecule has 0 amide bonds. The Bertz CT molecular complexity index is 333. The van der Waals surface area contributed by atoms with E-state index in [4.69, 9.17) is 4.74 Å². The van der Waals surface area contributed by atoms with Crippen LogP contribution in [0.25, 0.3) is 0 Å². The van der Waals surface area contributed by atoms with Gasteiger partial charge in [-0.05, 0) is 51.6 Å². The van der Waals surface area contributed by atoms with Crippen LogP contribution in [0.5, 0.6) is 0 Å². The van der Waals surface area contributed by atoms with Crippen LogP contribution in [0, 0.1) is 5.92 Å². The van der Waals surface area contributed by atoms with Crippen LogP contribution in [-0.2, 0) is 4.74 Å². The lowest BCUT2D eigenvalue weighted by Gasteiger charge is -2.37. The summed E-state index contributed by atoms with van der Waals surface area (Å²) in [6, 6.07) is 0.576. The zero-order chi connectivity index (χ0) is 15.4. The van der Waals surface area contributed by atoms with Crippen LogP contribution in [0.2, 0.25) is 0 Å². The summed E-state index contributed by atoms with van der Waals surface area (Å²) in [7, 11) is 0. The quantitative estimate of drug-likeness (QED) is 0.718. The first-order valence-electron chi connectivity index (χ1n) is 9.09. The third-order valence-electron chi connectivity index (χ3n) is 5.24. The highest BCUT2D eigenvalue weighted by Gasteiger charge is 2.29. The molecule has 1 atom stereocenters. The Kier molecular flexibility index (Phi) is 5.74. The van der Waals surface area contributed by atoms with Crippen LogP contribution in [0.15, 0.2) is 0 Å². The first-order chi connectivity index (χ1) is 10.6. The van der Waals surface area contributed by atoms with Crippen molar-refractivity contribution in [1.82, 2.24) is 15.1 Å². The molecule has 2 N–H and O–H groups in total. The summed E-state index contributed by atoms with van der Waals surface area (Å²) in [6.07, 6.45) is 5.34. The largest absolute Gasteiger partial charge is 0.388 e. The van der Waals surface area contributed by atoms with Gasteiger partial charge >= 0.3 is 0 Å². The molecule has 1 aliphatic carbocycles. The molecule has 0 aromatic heterocycles. The summed E-state index contributed by atoms with van der Waals surface area (Å²) < 4.78 is 5.37. The average molecular weight is 311 g/mol. The number of piperidine rings is 1. The number of morpholine rings is 1. The van der Waals surface area contributed by atoms with Crippen molar-refractivity contribution >= 4 is 0 Å². The Morgan fingerprint density at radius 2 is 1.73 bits per heavy atom. The minimum absolute atomic E-state index is 0.576. The first kappa shape index (κ1) is 16.7. The molecule has 5 heteroatoms. The van der Waals surface area contributed by atoms with Gasteiger partial charge in [0.1, 0.15) is 0 Å². The zero-order valence-corrected chi connectivity index (χ0v) is 14.1. The van der Waals surface area contributed by atoms with E-state index in [1.165, 1.54) is 45.3 Å². The second-order valence-electron chi connectivity index (χ2n) is 7.78. The highest BCUT2D eigenvalue weighted by atomic mass is 16.5. The van der Waals surface area contributed by atoms with Crippen molar-refractivity contribution in [3.63, 3.8) is 0 Å². The Labute approximate surface area is 135 Å². The molecule has 3 rings (SSSR count). The molecule has 2 heterocycles. The molecule has 0 spiro atoms. The molecule has 1 saturated carbocycles. The van der Waals surface area contributed by atoms with E-state index in [1.807, 2.05) is 6.92 Å². The van der Waals surface area contributed by atoms with Gasteiger partial charge in [0.2, 0.25) is 0 Å². The van der Waals surface area contributed by atoms with E-state index in [2.05, 4.69) is 15.1 Å². The molecular weight excluding hydrogens is 278 g/mol. The molecular formula is C17H33N3O2. The van der Waals surface area contributed by atoms with Gasteiger partial charge in [0.25, 0.3) is 0 Å². The van der Waals surface area contributed by atoms with E-state index in [-0.39, 0.29) is 0 Å². The lowest BCUT2D eigenvalue weighted by atomic mass is 10.0. The maximum absolute atomic E-state index is 10.6. The normalized spacial score (nSPS) is 28.6.